The third kappa shape index (κ3) is 4.79. The standard InChI is InChI=1S/C22H20ClFN4O2S2/c1-12(2)7-9-28-21(30)19-18(14-4-3-8-25-20(14)32-19)27-22(28)31-11-17(29)26-16-6-5-13(23)10-15(16)24/h3-6,8,10,12H,7,9,11H2,1-2H3,(H,26,29). The number of pyridine rings is 1. The van der Waals surface area contributed by atoms with Gasteiger partial charge in [-0.15, -0.1) is 11.3 Å². The van der Waals surface area contributed by atoms with Crippen molar-refractivity contribution < 1.29 is 9.18 Å². The van der Waals surface area contributed by atoms with E-state index in [1.54, 1.807) is 16.8 Å². The number of carbonyl (C=O) groups is 1. The van der Waals surface area contributed by atoms with E-state index in [0.717, 1.165) is 34.5 Å². The van der Waals surface area contributed by atoms with Crippen LogP contribution in [-0.4, -0.2) is 26.2 Å². The minimum atomic E-state index is -0.610. The van der Waals surface area contributed by atoms with Gasteiger partial charge in [-0.25, -0.2) is 14.4 Å². The van der Waals surface area contributed by atoms with Gasteiger partial charge in [-0.2, -0.15) is 0 Å². The first-order valence-electron chi connectivity index (χ1n) is 9.99. The fourth-order valence-electron chi connectivity index (χ4n) is 3.14. The van der Waals surface area contributed by atoms with E-state index in [1.165, 1.54) is 23.5 Å². The number of halogens is 2. The molecule has 0 spiro atoms. The van der Waals surface area contributed by atoms with Crippen molar-refractivity contribution in [1.29, 1.82) is 0 Å². The molecule has 0 aliphatic carbocycles. The highest BCUT2D eigenvalue weighted by atomic mass is 35.5. The molecule has 0 aliphatic heterocycles. The number of hydrogen-bond donors (Lipinski definition) is 1. The number of nitrogens with one attached hydrogen (secondary N) is 1. The van der Waals surface area contributed by atoms with E-state index in [9.17, 15) is 14.0 Å². The summed E-state index contributed by atoms with van der Waals surface area (Å²) < 4.78 is 16.2. The van der Waals surface area contributed by atoms with Crippen molar-refractivity contribution in [3.63, 3.8) is 0 Å². The van der Waals surface area contributed by atoms with Crippen molar-refractivity contribution >= 4 is 66.7 Å². The van der Waals surface area contributed by atoms with Crippen molar-refractivity contribution in [1.82, 2.24) is 14.5 Å². The molecule has 0 saturated heterocycles. The summed E-state index contributed by atoms with van der Waals surface area (Å²) >= 11 is 8.24. The van der Waals surface area contributed by atoms with Crippen LogP contribution in [0.4, 0.5) is 10.1 Å². The van der Waals surface area contributed by atoms with Crippen LogP contribution < -0.4 is 10.9 Å². The summed E-state index contributed by atoms with van der Waals surface area (Å²) in [5, 5.41) is 4.06. The molecular formula is C22H20ClFN4O2S2. The lowest BCUT2D eigenvalue weighted by atomic mass is 10.1. The number of aromatic nitrogens is 3. The molecule has 0 radical (unpaired) electrons. The summed E-state index contributed by atoms with van der Waals surface area (Å²) in [6.07, 6.45) is 2.48. The monoisotopic (exact) mass is 490 g/mol. The zero-order chi connectivity index (χ0) is 22.8. The third-order valence-corrected chi connectivity index (χ3v) is 7.09. The van der Waals surface area contributed by atoms with Crippen molar-refractivity contribution in [3.05, 3.63) is 57.7 Å². The maximum absolute atomic E-state index is 14.0. The van der Waals surface area contributed by atoms with E-state index in [2.05, 4.69) is 24.1 Å². The molecule has 6 nitrogen and oxygen atoms in total. The molecule has 4 aromatic rings. The highest BCUT2D eigenvalue weighted by Gasteiger charge is 2.18. The van der Waals surface area contributed by atoms with Gasteiger partial charge in [0.15, 0.2) is 5.16 Å². The quantitative estimate of drug-likeness (QED) is 0.270. The van der Waals surface area contributed by atoms with Crippen molar-refractivity contribution in [2.45, 2.75) is 32.0 Å². The minimum absolute atomic E-state index is 0.0258. The second-order valence-electron chi connectivity index (χ2n) is 7.63. The lowest BCUT2D eigenvalue weighted by molar-refractivity contribution is -0.113. The Morgan fingerprint density at radius 3 is 2.91 bits per heavy atom. The number of carbonyl (C=O) groups excluding carboxylic acids is 1. The molecule has 3 heterocycles. The number of thioether (sulfide) groups is 1. The van der Waals surface area contributed by atoms with Gasteiger partial charge in [-0.3, -0.25) is 14.2 Å². The highest BCUT2D eigenvalue weighted by molar-refractivity contribution is 7.99. The molecule has 3 aromatic heterocycles. The Bertz CT molecular complexity index is 1370. The van der Waals surface area contributed by atoms with Crippen LogP contribution in [0.2, 0.25) is 5.02 Å². The summed E-state index contributed by atoms with van der Waals surface area (Å²) in [6, 6.07) is 7.74. The van der Waals surface area contributed by atoms with Crippen LogP contribution in [0, 0.1) is 11.7 Å². The van der Waals surface area contributed by atoms with E-state index in [1.807, 2.05) is 6.07 Å². The molecule has 1 aromatic carbocycles. The zero-order valence-electron chi connectivity index (χ0n) is 17.4. The molecule has 1 N–H and O–H groups in total. The zero-order valence-corrected chi connectivity index (χ0v) is 19.8. The Morgan fingerprint density at radius 2 is 2.16 bits per heavy atom. The van der Waals surface area contributed by atoms with Gasteiger partial charge in [-0.1, -0.05) is 37.2 Å². The van der Waals surface area contributed by atoms with E-state index in [-0.39, 0.29) is 22.0 Å². The van der Waals surface area contributed by atoms with Crippen LogP contribution >= 0.6 is 34.7 Å². The summed E-state index contributed by atoms with van der Waals surface area (Å²) in [7, 11) is 0. The Hall–Kier alpha value is -2.49. The fourth-order valence-corrected chi connectivity index (χ4v) is 5.15. The number of anilines is 1. The van der Waals surface area contributed by atoms with Crippen LogP contribution in [-0.2, 0) is 11.3 Å². The lowest BCUT2D eigenvalue weighted by Crippen LogP contribution is -2.24. The number of amides is 1. The predicted octanol–water partition coefficient (Wildman–Crippen LogP) is 5.58. The van der Waals surface area contributed by atoms with Gasteiger partial charge in [-0.05, 0) is 42.7 Å². The maximum atomic E-state index is 14.0. The molecule has 0 aliphatic rings. The highest BCUT2D eigenvalue weighted by Crippen LogP contribution is 2.30. The average Bonchev–Trinajstić information content (AvgIpc) is 3.12. The molecule has 0 atom stereocenters. The average molecular weight is 491 g/mol. The molecule has 4 rings (SSSR count). The van der Waals surface area contributed by atoms with E-state index in [4.69, 9.17) is 16.6 Å². The Morgan fingerprint density at radius 1 is 1.34 bits per heavy atom. The second kappa shape index (κ2) is 9.56. The van der Waals surface area contributed by atoms with E-state index < -0.39 is 11.7 Å². The first-order valence-corrected chi connectivity index (χ1v) is 12.2. The first kappa shape index (κ1) is 22.7. The molecule has 0 fully saturated rings. The van der Waals surface area contributed by atoms with Gasteiger partial charge in [0.25, 0.3) is 5.56 Å². The molecule has 166 valence electrons. The van der Waals surface area contributed by atoms with Crippen LogP contribution in [0.25, 0.3) is 20.4 Å². The number of hydrogen-bond acceptors (Lipinski definition) is 6. The van der Waals surface area contributed by atoms with Gasteiger partial charge in [0.05, 0.1) is 17.0 Å². The summed E-state index contributed by atoms with van der Waals surface area (Å²) in [5.74, 6) is -0.642. The predicted molar refractivity (Wildman–Crippen MR) is 129 cm³/mol. The molecule has 0 bridgehead atoms. The Kier molecular flexibility index (Phi) is 6.78. The first-order chi connectivity index (χ1) is 15.3. The van der Waals surface area contributed by atoms with Crippen LogP contribution in [0.15, 0.2) is 46.5 Å². The number of nitrogens with zero attached hydrogens (tertiary/aromatic N) is 3. The van der Waals surface area contributed by atoms with Gasteiger partial charge >= 0.3 is 0 Å². The molecule has 0 saturated carbocycles. The van der Waals surface area contributed by atoms with Gasteiger partial charge < -0.3 is 5.32 Å². The van der Waals surface area contributed by atoms with Gasteiger partial charge in [0, 0.05) is 23.2 Å². The van der Waals surface area contributed by atoms with Crippen LogP contribution in [0.1, 0.15) is 20.3 Å². The largest absolute Gasteiger partial charge is 0.323 e. The number of thiophene rings is 1. The summed E-state index contributed by atoms with van der Waals surface area (Å²) in [4.78, 5) is 35.6. The normalized spacial score (nSPS) is 11.5. The molecule has 32 heavy (non-hydrogen) atoms. The summed E-state index contributed by atoms with van der Waals surface area (Å²) in [5.41, 5.74) is 0.511. The minimum Gasteiger partial charge on any atom is -0.323 e. The van der Waals surface area contributed by atoms with Crippen molar-refractivity contribution in [3.8, 4) is 0 Å². The van der Waals surface area contributed by atoms with Crippen LogP contribution in [0.5, 0.6) is 0 Å². The fraction of sp³-hybridized carbons (Fsp3) is 0.273. The molecule has 10 heteroatoms. The van der Waals surface area contributed by atoms with E-state index >= 15 is 0 Å². The summed E-state index contributed by atoms with van der Waals surface area (Å²) in [6.45, 7) is 4.67. The molecule has 0 unspecified atom stereocenters. The Balaban J connectivity index is 1.64. The van der Waals surface area contributed by atoms with E-state index in [0.29, 0.717) is 27.8 Å². The SMILES string of the molecule is CC(C)CCn1c(SCC(=O)Nc2ccc(Cl)cc2F)nc2c(sc3ncccc32)c1=O. The van der Waals surface area contributed by atoms with Crippen molar-refractivity contribution in [2.75, 3.05) is 11.1 Å². The Labute approximate surface area is 196 Å². The second-order valence-corrected chi connectivity index (χ2v) is 10.0. The number of fused-ring (bicyclic) bond motifs is 3. The number of rotatable bonds is 7. The topological polar surface area (TPSA) is 76.9 Å². The molecule has 1 amide bonds. The third-order valence-electron chi connectivity index (χ3n) is 4.79. The smallest absolute Gasteiger partial charge is 0.272 e. The van der Waals surface area contributed by atoms with Crippen LogP contribution in [0.3, 0.4) is 0 Å². The van der Waals surface area contributed by atoms with Gasteiger partial charge in [0.1, 0.15) is 15.3 Å². The molecular weight excluding hydrogens is 471 g/mol. The lowest BCUT2D eigenvalue weighted by Gasteiger charge is -2.13. The number of benzene rings is 1. The maximum Gasteiger partial charge on any atom is 0.272 e. The van der Waals surface area contributed by atoms with Gasteiger partial charge in [0.2, 0.25) is 5.91 Å². The van der Waals surface area contributed by atoms with Crippen molar-refractivity contribution in [2.24, 2.45) is 5.92 Å².